The molecule has 5 rings (SSSR count). The van der Waals surface area contributed by atoms with Gasteiger partial charge in [-0.2, -0.15) is 4.52 Å². The van der Waals surface area contributed by atoms with Gasteiger partial charge < -0.3 is 19.3 Å². The third kappa shape index (κ3) is 3.35. The lowest BCUT2D eigenvalue weighted by Crippen LogP contribution is -2.46. The van der Waals surface area contributed by atoms with Crippen LogP contribution in [0.1, 0.15) is 42.1 Å². The van der Waals surface area contributed by atoms with E-state index < -0.39 is 5.79 Å². The second-order valence-corrected chi connectivity index (χ2v) is 8.69. The molecule has 1 N–H and O–H groups in total. The van der Waals surface area contributed by atoms with E-state index in [9.17, 15) is 5.11 Å². The van der Waals surface area contributed by atoms with Crippen LogP contribution in [0.5, 0.6) is 11.6 Å². The predicted molar refractivity (Wildman–Crippen MR) is 112 cm³/mol. The van der Waals surface area contributed by atoms with Gasteiger partial charge in [-0.15, -0.1) is 5.10 Å². The first-order chi connectivity index (χ1) is 14.6. The van der Waals surface area contributed by atoms with Crippen molar-refractivity contribution in [3.05, 3.63) is 40.5 Å². The lowest BCUT2D eigenvalue weighted by molar-refractivity contribution is -0.187. The van der Waals surface area contributed by atoms with Gasteiger partial charge in [0.25, 0.3) is 0 Å². The fourth-order valence-corrected chi connectivity index (χ4v) is 5.48. The number of thiazole rings is 1. The van der Waals surface area contributed by atoms with Crippen LogP contribution in [0.2, 0.25) is 0 Å². The Morgan fingerprint density at radius 1 is 1.20 bits per heavy atom. The van der Waals surface area contributed by atoms with Gasteiger partial charge in [-0.3, -0.25) is 4.90 Å². The highest BCUT2D eigenvalue weighted by Gasteiger charge is 2.42. The largest absolute Gasteiger partial charge is 0.497 e. The summed E-state index contributed by atoms with van der Waals surface area (Å²) in [6.45, 7) is 4.95. The summed E-state index contributed by atoms with van der Waals surface area (Å²) in [5.41, 5.74) is 1.09. The summed E-state index contributed by atoms with van der Waals surface area (Å²) in [6, 6.07) is 7.93. The van der Waals surface area contributed by atoms with Gasteiger partial charge in [-0.1, -0.05) is 30.4 Å². The molecule has 0 saturated carbocycles. The number of hydrogen-bond donors (Lipinski definition) is 1. The maximum Gasteiger partial charge on any atom is 0.230 e. The van der Waals surface area contributed by atoms with Crippen molar-refractivity contribution in [1.29, 1.82) is 0 Å². The Kier molecular flexibility index (Phi) is 5.14. The normalized spacial score (nSPS) is 20.2. The minimum absolute atomic E-state index is 0.103. The predicted octanol–water partition coefficient (Wildman–Crippen LogP) is 3.00. The molecule has 0 amide bonds. The molecule has 3 aromatic rings. The third-order valence-corrected chi connectivity index (χ3v) is 7.05. The van der Waals surface area contributed by atoms with E-state index in [2.05, 4.69) is 27.1 Å². The number of ether oxygens (including phenoxy) is 3. The van der Waals surface area contributed by atoms with Crippen molar-refractivity contribution in [2.24, 2.45) is 0 Å². The molecule has 30 heavy (non-hydrogen) atoms. The van der Waals surface area contributed by atoms with Crippen LogP contribution >= 0.6 is 11.3 Å². The number of aromatic hydroxyl groups is 1. The fourth-order valence-electron chi connectivity index (χ4n) is 4.34. The quantitative estimate of drug-likeness (QED) is 0.666. The van der Waals surface area contributed by atoms with Crippen molar-refractivity contribution in [3.8, 4) is 11.6 Å². The molecule has 160 valence electrons. The molecular weight excluding hydrogens is 404 g/mol. The number of likely N-dealkylation sites (tertiary alicyclic amines) is 1. The Morgan fingerprint density at radius 2 is 1.90 bits per heavy atom. The van der Waals surface area contributed by atoms with Crippen molar-refractivity contribution in [1.82, 2.24) is 19.5 Å². The molecule has 0 unspecified atom stereocenters. The van der Waals surface area contributed by atoms with Gasteiger partial charge in [0.15, 0.2) is 11.6 Å². The number of methoxy groups -OCH3 is 1. The van der Waals surface area contributed by atoms with Gasteiger partial charge >= 0.3 is 0 Å². The highest BCUT2D eigenvalue weighted by molar-refractivity contribution is 7.17. The number of fused-ring (bicyclic) bond motifs is 1. The molecule has 2 aliphatic rings. The first-order valence-corrected chi connectivity index (χ1v) is 11.2. The summed E-state index contributed by atoms with van der Waals surface area (Å²) >= 11 is 1.49. The van der Waals surface area contributed by atoms with Crippen LogP contribution in [0.15, 0.2) is 24.3 Å². The summed E-state index contributed by atoms with van der Waals surface area (Å²) in [5, 5.41) is 15.5. The molecule has 2 fully saturated rings. The fraction of sp³-hybridized carbons (Fsp3) is 0.524. The Hall–Kier alpha value is -2.20. The molecule has 0 radical (unpaired) electrons. The SMILES string of the molecule is CCc1nc2sc([C@@H](c3ccc(OC)cc3)N3CCC4(CC3)OCCO4)c(O)n2n1. The van der Waals surface area contributed by atoms with Crippen molar-refractivity contribution in [3.63, 3.8) is 0 Å². The van der Waals surface area contributed by atoms with Crippen LogP contribution < -0.4 is 4.74 Å². The zero-order valence-corrected chi connectivity index (χ0v) is 18.0. The van der Waals surface area contributed by atoms with Gasteiger partial charge in [0.05, 0.1) is 31.2 Å². The van der Waals surface area contributed by atoms with E-state index in [-0.39, 0.29) is 11.9 Å². The average molecular weight is 431 g/mol. The molecule has 1 aromatic carbocycles. The van der Waals surface area contributed by atoms with E-state index in [1.54, 1.807) is 11.6 Å². The number of nitrogens with zero attached hydrogens (tertiary/aromatic N) is 4. The Labute approximate surface area is 179 Å². The van der Waals surface area contributed by atoms with Crippen molar-refractivity contribution in [2.75, 3.05) is 33.4 Å². The maximum atomic E-state index is 11.0. The molecule has 8 nitrogen and oxygen atoms in total. The molecular formula is C21H26N4O4S. The van der Waals surface area contributed by atoms with Crippen LogP contribution in [0.25, 0.3) is 4.96 Å². The second-order valence-electron chi connectivity index (χ2n) is 7.69. The number of piperidine rings is 1. The summed E-state index contributed by atoms with van der Waals surface area (Å²) in [5.74, 6) is 1.27. The number of benzene rings is 1. The molecule has 0 bridgehead atoms. The number of rotatable bonds is 5. The summed E-state index contributed by atoms with van der Waals surface area (Å²) in [4.78, 5) is 8.50. The van der Waals surface area contributed by atoms with Crippen molar-refractivity contribution >= 4 is 16.3 Å². The average Bonchev–Trinajstić information content (AvgIpc) is 3.48. The van der Waals surface area contributed by atoms with Gasteiger partial charge in [0.2, 0.25) is 10.8 Å². The summed E-state index contributed by atoms with van der Waals surface area (Å²) in [6.07, 6.45) is 2.35. The molecule has 0 aliphatic carbocycles. The van der Waals surface area contributed by atoms with Gasteiger partial charge in [0.1, 0.15) is 5.75 Å². The Bertz CT molecular complexity index is 1020. The van der Waals surface area contributed by atoms with E-state index in [0.717, 1.165) is 54.4 Å². The van der Waals surface area contributed by atoms with Gasteiger partial charge in [-0.25, -0.2) is 4.98 Å². The van der Waals surface area contributed by atoms with Crippen LogP contribution in [0, 0.1) is 0 Å². The van der Waals surface area contributed by atoms with E-state index in [4.69, 9.17) is 14.2 Å². The monoisotopic (exact) mass is 430 g/mol. The molecule has 2 aliphatic heterocycles. The standard InChI is InChI=1S/C21H26N4O4S/c1-3-16-22-20-25(23-16)19(26)18(30-20)17(14-4-6-15(27-2)7-5-14)24-10-8-21(9-11-24)28-12-13-29-21/h4-7,17,26H,3,8-13H2,1-2H3/t17-/m1/s1. The van der Waals surface area contributed by atoms with E-state index >= 15 is 0 Å². The van der Waals surface area contributed by atoms with E-state index in [1.807, 2.05) is 19.1 Å². The first-order valence-electron chi connectivity index (χ1n) is 10.4. The third-order valence-electron chi connectivity index (χ3n) is 5.98. The highest BCUT2D eigenvalue weighted by Crippen LogP contribution is 2.43. The molecule has 2 aromatic heterocycles. The number of aromatic nitrogens is 3. The lowest BCUT2D eigenvalue weighted by atomic mass is 9.97. The first kappa shape index (κ1) is 19.7. The zero-order valence-electron chi connectivity index (χ0n) is 17.2. The summed E-state index contributed by atoms with van der Waals surface area (Å²) < 4.78 is 18.7. The summed E-state index contributed by atoms with van der Waals surface area (Å²) in [7, 11) is 1.66. The highest BCUT2D eigenvalue weighted by atomic mass is 32.1. The minimum Gasteiger partial charge on any atom is -0.497 e. The maximum absolute atomic E-state index is 11.0. The van der Waals surface area contributed by atoms with Crippen LogP contribution in [0.4, 0.5) is 0 Å². The van der Waals surface area contributed by atoms with E-state index in [1.165, 1.54) is 11.3 Å². The molecule has 9 heteroatoms. The van der Waals surface area contributed by atoms with Crippen molar-refractivity contribution in [2.45, 2.75) is 38.0 Å². The molecule has 1 spiro atoms. The van der Waals surface area contributed by atoms with E-state index in [0.29, 0.717) is 18.2 Å². The lowest BCUT2D eigenvalue weighted by Gasteiger charge is -2.41. The Balaban J connectivity index is 1.51. The number of hydrogen-bond acceptors (Lipinski definition) is 8. The molecule has 2 saturated heterocycles. The van der Waals surface area contributed by atoms with Crippen LogP contribution in [0.3, 0.4) is 0 Å². The van der Waals surface area contributed by atoms with Crippen molar-refractivity contribution < 1.29 is 19.3 Å². The second kappa shape index (κ2) is 7.81. The zero-order chi connectivity index (χ0) is 20.7. The van der Waals surface area contributed by atoms with Gasteiger partial charge in [-0.05, 0) is 17.7 Å². The van der Waals surface area contributed by atoms with Crippen LogP contribution in [-0.2, 0) is 15.9 Å². The number of aryl methyl sites for hydroxylation is 1. The van der Waals surface area contributed by atoms with Gasteiger partial charge in [0, 0.05) is 32.4 Å². The topological polar surface area (TPSA) is 81.4 Å². The molecule has 1 atom stereocenters. The Morgan fingerprint density at radius 3 is 2.50 bits per heavy atom. The van der Waals surface area contributed by atoms with Crippen LogP contribution in [-0.4, -0.2) is 63.8 Å². The molecule has 4 heterocycles. The smallest absolute Gasteiger partial charge is 0.230 e. The minimum atomic E-state index is -0.440.